The van der Waals surface area contributed by atoms with Crippen LogP contribution in [0, 0.1) is 0 Å². The van der Waals surface area contributed by atoms with Gasteiger partial charge in [0.05, 0.1) is 18.4 Å². The normalized spacial score (nSPS) is 13.1. The maximum atomic E-state index is 13.0. The first kappa shape index (κ1) is 16.6. The Morgan fingerprint density at radius 3 is 2.55 bits per heavy atom. The minimum Gasteiger partial charge on any atom is -0.382 e. The number of benzene rings is 1. The third-order valence-corrected chi connectivity index (χ3v) is 2.92. The molecule has 4 N–H and O–H groups in total. The highest BCUT2D eigenvalue weighted by Gasteiger charge is 2.34. The first-order valence-corrected chi connectivity index (χ1v) is 6.39. The lowest BCUT2D eigenvalue weighted by atomic mass is 10.1. The predicted octanol–water partition coefficient (Wildman–Crippen LogP) is 3.22. The smallest absolute Gasteiger partial charge is 0.382 e. The number of hydrogen-bond acceptors (Lipinski definition) is 4. The molecule has 20 heavy (non-hydrogen) atoms. The van der Waals surface area contributed by atoms with Gasteiger partial charge in [0.2, 0.25) is 0 Å². The topological polar surface area (TPSA) is 59.3 Å². The summed E-state index contributed by atoms with van der Waals surface area (Å²) < 4.78 is 38.9. The Balaban J connectivity index is 3.00. The molecule has 0 aliphatic carbocycles. The van der Waals surface area contributed by atoms with Gasteiger partial charge in [-0.25, -0.2) is 0 Å². The summed E-state index contributed by atoms with van der Waals surface area (Å²) in [7, 11) is 1.26. The number of halogens is 3. The molecule has 0 fully saturated rings. The summed E-state index contributed by atoms with van der Waals surface area (Å²) in [6.45, 7) is 2.44. The molecule has 114 valence electrons. The summed E-state index contributed by atoms with van der Waals surface area (Å²) in [6, 6.07) is 4.04. The molecule has 0 spiro atoms. The molecule has 1 aromatic carbocycles. The standard InChI is InChI=1S/C13H20F3N3O/c1-3-9(6-7-17)18-10-4-5-12(19-20-2)11(8-10)13(14,15)16/h4-5,8-9,18-19H,3,6-7,17H2,1-2H3. The van der Waals surface area contributed by atoms with E-state index in [9.17, 15) is 13.2 Å². The summed E-state index contributed by atoms with van der Waals surface area (Å²) in [5, 5.41) is 3.06. The van der Waals surface area contributed by atoms with E-state index in [1.165, 1.54) is 13.2 Å². The van der Waals surface area contributed by atoms with Gasteiger partial charge in [-0.15, -0.1) is 0 Å². The van der Waals surface area contributed by atoms with Crippen LogP contribution in [0.3, 0.4) is 0 Å². The highest BCUT2D eigenvalue weighted by atomic mass is 19.4. The van der Waals surface area contributed by atoms with Gasteiger partial charge >= 0.3 is 6.18 Å². The number of anilines is 2. The Bertz CT molecular complexity index is 424. The minimum absolute atomic E-state index is 0.0577. The van der Waals surface area contributed by atoms with E-state index in [1.807, 2.05) is 6.92 Å². The molecule has 7 heteroatoms. The molecular weight excluding hydrogens is 271 g/mol. The van der Waals surface area contributed by atoms with Crippen LogP contribution in [-0.4, -0.2) is 19.7 Å². The molecule has 0 heterocycles. The van der Waals surface area contributed by atoms with Crippen molar-refractivity contribution in [3.63, 3.8) is 0 Å². The van der Waals surface area contributed by atoms with Gasteiger partial charge < -0.3 is 11.1 Å². The lowest BCUT2D eigenvalue weighted by Gasteiger charge is -2.20. The van der Waals surface area contributed by atoms with Crippen LogP contribution in [0.15, 0.2) is 18.2 Å². The van der Waals surface area contributed by atoms with Crippen molar-refractivity contribution < 1.29 is 18.0 Å². The van der Waals surface area contributed by atoms with E-state index in [4.69, 9.17) is 5.73 Å². The van der Waals surface area contributed by atoms with Crippen molar-refractivity contribution in [2.75, 3.05) is 24.5 Å². The quantitative estimate of drug-likeness (QED) is 0.675. The van der Waals surface area contributed by atoms with Crippen LogP contribution >= 0.6 is 0 Å². The van der Waals surface area contributed by atoms with E-state index >= 15 is 0 Å². The molecule has 0 saturated heterocycles. The SMILES string of the molecule is CCC(CCN)Nc1ccc(NOC)c(C(F)(F)F)c1. The fourth-order valence-electron chi connectivity index (χ4n) is 1.88. The average Bonchev–Trinajstić information content (AvgIpc) is 2.39. The number of hydrogen-bond donors (Lipinski definition) is 3. The molecule has 0 saturated carbocycles. The maximum absolute atomic E-state index is 13.0. The van der Waals surface area contributed by atoms with Crippen molar-refractivity contribution in [1.82, 2.24) is 0 Å². The predicted molar refractivity (Wildman–Crippen MR) is 73.4 cm³/mol. The molecular formula is C13H20F3N3O. The molecule has 0 bridgehead atoms. The van der Waals surface area contributed by atoms with E-state index in [-0.39, 0.29) is 11.7 Å². The van der Waals surface area contributed by atoms with Crippen LogP contribution in [-0.2, 0) is 11.0 Å². The summed E-state index contributed by atoms with van der Waals surface area (Å²) in [4.78, 5) is 4.56. The average molecular weight is 291 g/mol. The van der Waals surface area contributed by atoms with Crippen molar-refractivity contribution in [2.24, 2.45) is 5.73 Å². The van der Waals surface area contributed by atoms with Crippen LogP contribution in [0.2, 0.25) is 0 Å². The Morgan fingerprint density at radius 2 is 2.05 bits per heavy atom. The van der Waals surface area contributed by atoms with E-state index in [0.29, 0.717) is 18.7 Å². The van der Waals surface area contributed by atoms with Crippen LogP contribution in [0.1, 0.15) is 25.3 Å². The highest BCUT2D eigenvalue weighted by Crippen LogP contribution is 2.36. The molecule has 1 unspecified atom stereocenters. The van der Waals surface area contributed by atoms with E-state index in [0.717, 1.165) is 12.5 Å². The molecule has 0 aliphatic heterocycles. The second kappa shape index (κ2) is 7.35. The zero-order valence-electron chi connectivity index (χ0n) is 11.6. The second-order valence-corrected chi connectivity index (χ2v) is 4.39. The lowest BCUT2D eigenvalue weighted by Crippen LogP contribution is -2.22. The second-order valence-electron chi connectivity index (χ2n) is 4.39. The molecule has 1 rings (SSSR count). The molecule has 4 nitrogen and oxygen atoms in total. The van der Waals surface area contributed by atoms with Crippen LogP contribution in [0.4, 0.5) is 24.5 Å². The van der Waals surface area contributed by atoms with E-state index in [2.05, 4.69) is 15.6 Å². The molecule has 0 radical (unpaired) electrons. The number of nitrogens with two attached hydrogens (primary N) is 1. The largest absolute Gasteiger partial charge is 0.418 e. The maximum Gasteiger partial charge on any atom is 0.418 e. The van der Waals surface area contributed by atoms with Crippen LogP contribution < -0.4 is 16.5 Å². The van der Waals surface area contributed by atoms with Crippen LogP contribution in [0.25, 0.3) is 0 Å². The first-order chi connectivity index (χ1) is 9.42. The van der Waals surface area contributed by atoms with Crippen molar-refractivity contribution in [3.05, 3.63) is 23.8 Å². The monoisotopic (exact) mass is 291 g/mol. The van der Waals surface area contributed by atoms with Gasteiger partial charge in [0, 0.05) is 11.7 Å². The number of alkyl halides is 3. The summed E-state index contributed by atoms with van der Waals surface area (Å²) in [6.07, 6.45) is -2.96. The van der Waals surface area contributed by atoms with Gasteiger partial charge in [-0.3, -0.25) is 10.3 Å². The Morgan fingerprint density at radius 1 is 1.35 bits per heavy atom. The first-order valence-electron chi connectivity index (χ1n) is 6.39. The fraction of sp³-hybridized carbons (Fsp3) is 0.538. The van der Waals surface area contributed by atoms with Crippen LogP contribution in [0.5, 0.6) is 0 Å². The fourth-order valence-corrected chi connectivity index (χ4v) is 1.88. The van der Waals surface area contributed by atoms with Gasteiger partial charge in [-0.1, -0.05) is 6.92 Å². The molecule has 0 aromatic heterocycles. The van der Waals surface area contributed by atoms with Crippen molar-refractivity contribution in [1.29, 1.82) is 0 Å². The minimum atomic E-state index is -4.45. The third-order valence-electron chi connectivity index (χ3n) is 2.92. The Hall–Kier alpha value is -1.47. The summed E-state index contributed by atoms with van der Waals surface area (Å²) >= 11 is 0. The Labute approximate surface area is 116 Å². The number of rotatable bonds is 7. The highest BCUT2D eigenvalue weighted by molar-refractivity contribution is 5.60. The zero-order chi connectivity index (χ0) is 15.2. The molecule has 1 aromatic rings. The van der Waals surface area contributed by atoms with Crippen molar-refractivity contribution in [3.8, 4) is 0 Å². The zero-order valence-corrected chi connectivity index (χ0v) is 11.6. The summed E-state index contributed by atoms with van der Waals surface area (Å²) in [5.74, 6) is 0. The summed E-state index contributed by atoms with van der Waals surface area (Å²) in [5.41, 5.74) is 7.24. The van der Waals surface area contributed by atoms with Gasteiger partial charge in [0.15, 0.2) is 0 Å². The van der Waals surface area contributed by atoms with Gasteiger partial charge in [0.25, 0.3) is 0 Å². The lowest BCUT2D eigenvalue weighted by molar-refractivity contribution is -0.137. The molecule has 0 aliphatic rings. The van der Waals surface area contributed by atoms with Crippen molar-refractivity contribution >= 4 is 11.4 Å². The Kier molecular flexibility index (Phi) is 6.09. The third kappa shape index (κ3) is 4.57. The van der Waals surface area contributed by atoms with Gasteiger partial charge in [0.1, 0.15) is 0 Å². The van der Waals surface area contributed by atoms with E-state index < -0.39 is 11.7 Å². The molecule has 1 atom stereocenters. The van der Waals surface area contributed by atoms with E-state index in [1.54, 1.807) is 6.07 Å². The van der Waals surface area contributed by atoms with Crippen molar-refractivity contribution in [2.45, 2.75) is 32.0 Å². The van der Waals surface area contributed by atoms with Gasteiger partial charge in [-0.05, 0) is 37.6 Å². The molecule has 0 amide bonds. The number of nitrogens with one attached hydrogen (secondary N) is 2. The van der Waals surface area contributed by atoms with Gasteiger partial charge in [-0.2, -0.15) is 13.2 Å².